The summed E-state index contributed by atoms with van der Waals surface area (Å²) in [5, 5.41) is 98.3. The van der Waals surface area contributed by atoms with Crippen molar-refractivity contribution in [2.45, 2.75) is 43.0 Å². The highest BCUT2D eigenvalue weighted by Gasteiger charge is 2.49. The Morgan fingerprint density at radius 1 is 0.891 bits per heavy atom. The minimum absolute atomic E-state index is 0.136. The van der Waals surface area contributed by atoms with Crippen molar-refractivity contribution in [1.82, 2.24) is 0 Å². The monoisotopic (exact) mass is 652 g/mol. The van der Waals surface area contributed by atoms with Crippen molar-refractivity contribution in [1.29, 1.82) is 0 Å². The smallest absolute Gasteiger partial charge is 0.344 e. The molecular weight excluding hydrogens is 628 g/mol. The number of carboxylic acid groups (broad SMARTS) is 1. The van der Waals surface area contributed by atoms with Crippen LogP contribution in [0.25, 0.3) is 10.8 Å². The summed E-state index contributed by atoms with van der Waals surface area (Å²) in [5.41, 5.74) is -2.80. The predicted octanol–water partition coefficient (Wildman–Crippen LogP) is -1.39. The lowest BCUT2D eigenvalue weighted by Crippen LogP contribution is -2.61. The molecule has 246 valence electrons. The molecule has 1 aliphatic rings. The lowest BCUT2D eigenvalue weighted by atomic mass is 9.89. The average molecular weight is 652 g/mol. The lowest BCUT2D eigenvalue weighted by Gasteiger charge is -2.41. The fourth-order valence-corrected chi connectivity index (χ4v) is 4.71. The van der Waals surface area contributed by atoms with E-state index in [4.69, 9.17) is 18.6 Å². The first kappa shape index (κ1) is 33.3. The number of aromatic hydroxyl groups is 6. The van der Waals surface area contributed by atoms with Gasteiger partial charge in [-0.3, -0.25) is 14.4 Å². The Morgan fingerprint density at radius 2 is 1.50 bits per heavy atom. The van der Waals surface area contributed by atoms with E-state index in [9.17, 15) is 75.0 Å². The summed E-state index contributed by atoms with van der Waals surface area (Å²) in [7, 11) is 0. The van der Waals surface area contributed by atoms with Gasteiger partial charge in [0.05, 0.1) is 29.9 Å². The van der Waals surface area contributed by atoms with Gasteiger partial charge in [-0.25, -0.2) is 9.59 Å². The normalized spacial score (nSPS) is 21.8. The Morgan fingerprint density at radius 3 is 2.07 bits per heavy atom. The van der Waals surface area contributed by atoms with Gasteiger partial charge in [0.15, 0.2) is 46.9 Å². The standard InChI is InChI=1S/C27H24O19/c28-5-13-16(17-8(25(41)43-13)3-12(32)19(36)21(17)38)9(4-15(33)34)26(42)45-23-22(39)20(37)14(6-29)44-27(23)46-24(40)7-1-10(30)18(35)11(31)2-7/h1-3,5,9,14,20,22-23,27,29-32,35-39H,4,6H2,(H,33,34)/t9-,14+,20+,22-,23+,27-/m0/s1. The molecule has 10 N–H and O–H groups in total. The Kier molecular flexibility index (Phi) is 9.24. The molecule has 1 aromatic heterocycles. The summed E-state index contributed by atoms with van der Waals surface area (Å²) >= 11 is 0. The maximum atomic E-state index is 13.6. The number of carbonyl (C=O) groups is 4. The summed E-state index contributed by atoms with van der Waals surface area (Å²) in [6.45, 7) is -0.983. The second kappa shape index (κ2) is 12.8. The molecule has 0 radical (unpaired) electrons. The van der Waals surface area contributed by atoms with E-state index in [1.165, 1.54) is 0 Å². The number of carboxylic acids is 1. The number of hydrogen-bond donors (Lipinski definition) is 10. The number of aliphatic hydroxyl groups excluding tert-OH is 3. The molecule has 1 aliphatic heterocycles. The van der Waals surface area contributed by atoms with Gasteiger partial charge in [-0.1, -0.05) is 0 Å². The van der Waals surface area contributed by atoms with Gasteiger partial charge in [-0.05, 0) is 18.2 Å². The molecule has 2 aromatic carbocycles. The molecule has 0 amide bonds. The summed E-state index contributed by atoms with van der Waals surface area (Å²) in [4.78, 5) is 62.6. The molecule has 19 nitrogen and oxygen atoms in total. The highest BCUT2D eigenvalue weighted by atomic mass is 16.7. The van der Waals surface area contributed by atoms with Crippen LogP contribution in [0.3, 0.4) is 0 Å². The van der Waals surface area contributed by atoms with E-state index >= 15 is 0 Å². The van der Waals surface area contributed by atoms with E-state index < -0.39 is 135 Å². The zero-order valence-electron chi connectivity index (χ0n) is 22.8. The van der Waals surface area contributed by atoms with Crippen molar-refractivity contribution in [2.75, 3.05) is 6.61 Å². The molecule has 3 aromatic rings. The largest absolute Gasteiger partial charge is 0.504 e. The summed E-state index contributed by atoms with van der Waals surface area (Å²) in [6, 6.07) is 1.89. The van der Waals surface area contributed by atoms with Gasteiger partial charge in [-0.2, -0.15) is 0 Å². The Labute approximate surface area is 253 Å². The topological polar surface area (TPSA) is 328 Å². The zero-order chi connectivity index (χ0) is 34.2. The van der Waals surface area contributed by atoms with Gasteiger partial charge in [-0.15, -0.1) is 0 Å². The predicted molar refractivity (Wildman–Crippen MR) is 142 cm³/mol. The zero-order valence-corrected chi connectivity index (χ0v) is 22.8. The van der Waals surface area contributed by atoms with Crippen LogP contribution in [0.4, 0.5) is 0 Å². The molecule has 4 rings (SSSR count). The first-order chi connectivity index (χ1) is 21.6. The third-order valence-electron chi connectivity index (χ3n) is 6.94. The van der Waals surface area contributed by atoms with Crippen molar-refractivity contribution in [3.05, 3.63) is 45.5 Å². The van der Waals surface area contributed by atoms with Gasteiger partial charge in [0.1, 0.15) is 18.3 Å². The highest BCUT2D eigenvalue weighted by molar-refractivity contribution is 6.01. The number of carbonyl (C=O) groups excluding carboxylic acids is 3. The molecule has 0 unspecified atom stereocenters. The first-order valence-corrected chi connectivity index (χ1v) is 12.8. The molecule has 46 heavy (non-hydrogen) atoms. The number of aliphatic hydroxyl groups is 3. The molecule has 1 fully saturated rings. The fraction of sp³-hybridized carbons (Fsp3) is 0.296. The van der Waals surface area contributed by atoms with Crippen LogP contribution in [0.2, 0.25) is 0 Å². The molecule has 19 heteroatoms. The number of phenolic OH excluding ortho intramolecular Hbond substituents is 6. The molecule has 0 spiro atoms. The number of ether oxygens (including phenoxy) is 3. The second-order valence-electron chi connectivity index (χ2n) is 9.83. The number of aliphatic carboxylic acids is 1. The van der Waals surface area contributed by atoms with Gasteiger partial charge < -0.3 is 69.7 Å². The Balaban J connectivity index is 1.80. The van der Waals surface area contributed by atoms with Crippen LogP contribution >= 0.6 is 0 Å². The van der Waals surface area contributed by atoms with E-state index in [0.717, 1.165) is 0 Å². The van der Waals surface area contributed by atoms with E-state index in [2.05, 4.69) is 0 Å². The molecule has 0 bridgehead atoms. The molecule has 1 saturated heterocycles. The maximum Gasteiger partial charge on any atom is 0.344 e. The van der Waals surface area contributed by atoms with Crippen LogP contribution in [0.5, 0.6) is 34.5 Å². The number of phenols is 6. The minimum atomic E-state index is -2.24. The molecular formula is C27H24O19. The van der Waals surface area contributed by atoms with E-state index in [0.29, 0.717) is 18.2 Å². The van der Waals surface area contributed by atoms with Crippen molar-refractivity contribution >= 4 is 35.0 Å². The molecule has 2 heterocycles. The average Bonchev–Trinajstić information content (AvgIpc) is 3.00. The quantitative estimate of drug-likeness (QED) is 0.0722. The van der Waals surface area contributed by atoms with Crippen LogP contribution in [0, 0.1) is 0 Å². The SMILES string of the molecule is O=Cc1oc(=O)c2cc(O)c(O)c(O)c2c1[C@H](CC(=O)O)C(=O)O[C@H]1[C@H](OC(=O)c2cc(O)c(O)c(O)c2)O[C@H](CO)[C@@H](O)[C@@H]1O. The number of fused-ring (bicyclic) bond motifs is 1. The van der Waals surface area contributed by atoms with Crippen molar-refractivity contribution in [3.63, 3.8) is 0 Å². The van der Waals surface area contributed by atoms with Gasteiger partial charge in [0.2, 0.25) is 12.0 Å². The van der Waals surface area contributed by atoms with Crippen LogP contribution in [-0.4, -0.2) is 113 Å². The minimum Gasteiger partial charge on any atom is -0.504 e. The third kappa shape index (κ3) is 6.02. The maximum absolute atomic E-state index is 13.6. The number of hydrogen-bond acceptors (Lipinski definition) is 18. The molecule has 0 aliphatic carbocycles. The fourth-order valence-electron chi connectivity index (χ4n) is 4.71. The van der Waals surface area contributed by atoms with Gasteiger partial charge in [0.25, 0.3) is 0 Å². The van der Waals surface area contributed by atoms with E-state index in [1.807, 2.05) is 0 Å². The van der Waals surface area contributed by atoms with Crippen molar-refractivity contribution in [3.8, 4) is 34.5 Å². The highest BCUT2D eigenvalue weighted by Crippen LogP contribution is 2.45. The van der Waals surface area contributed by atoms with Gasteiger partial charge >= 0.3 is 23.5 Å². The van der Waals surface area contributed by atoms with E-state index in [-0.39, 0.29) is 6.29 Å². The molecule has 6 atom stereocenters. The van der Waals surface area contributed by atoms with Crippen LogP contribution < -0.4 is 5.63 Å². The number of aldehydes is 1. The summed E-state index contributed by atoms with van der Waals surface area (Å²) < 4.78 is 20.4. The number of benzene rings is 2. The van der Waals surface area contributed by atoms with Crippen molar-refractivity contribution < 1.29 is 88.9 Å². The van der Waals surface area contributed by atoms with Crippen LogP contribution in [0.1, 0.15) is 38.8 Å². The summed E-state index contributed by atoms with van der Waals surface area (Å²) in [6.07, 6.45) is -11.8. The lowest BCUT2D eigenvalue weighted by molar-refractivity contribution is -0.289. The Hall–Kier alpha value is -5.63. The van der Waals surface area contributed by atoms with Crippen LogP contribution in [-0.2, 0) is 23.8 Å². The number of rotatable bonds is 9. The Bertz CT molecular complexity index is 1750. The van der Waals surface area contributed by atoms with Crippen molar-refractivity contribution in [2.24, 2.45) is 0 Å². The third-order valence-corrected chi connectivity index (χ3v) is 6.94. The number of esters is 2. The summed E-state index contributed by atoms with van der Waals surface area (Å²) in [5.74, 6) is -14.6. The second-order valence-corrected chi connectivity index (χ2v) is 9.83. The van der Waals surface area contributed by atoms with Gasteiger partial charge in [0, 0.05) is 10.9 Å². The van der Waals surface area contributed by atoms with E-state index in [1.54, 1.807) is 0 Å². The first-order valence-electron chi connectivity index (χ1n) is 12.8. The van der Waals surface area contributed by atoms with Crippen LogP contribution in [0.15, 0.2) is 27.4 Å². The molecule has 0 saturated carbocycles.